The van der Waals surface area contributed by atoms with Gasteiger partial charge in [-0.05, 0) is 39.3 Å². The number of nitrogens with one attached hydrogen (secondary N) is 1. The van der Waals surface area contributed by atoms with Gasteiger partial charge >= 0.3 is 6.09 Å². The molecular formula is C14H19NO3. The van der Waals surface area contributed by atoms with Gasteiger partial charge in [-0.1, -0.05) is 18.2 Å². The van der Waals surface area contributed by atoms with E-state index in [9.17, 15) is 9.59 Å². The minimum atomic E-state index is -0.519. The number of benzene rings is 1. The van der Waals surface area contributed by atoms with Crippen molar-refractivity contribution >= 4 is 12.4 Å². The van der Waals surface area contributed by atoms with E-state index in [1.54, 1.807) is 18.2 Å². The third kappa shape index (κ3) is 4.57. The van der Waals surface area contributed by atoms with Crippen molar-refractivity contribution < 1.29 is 14.3 Å². The fraction of sp³-hybridized carbons (Fsp3) is 0.429. The molecule has 1 aromatic rings. The van der Waals surface area contributed by atoms with Gasteiger partial charge in [-0.2, -0.15) is 0 Å². The summed E-state index contributed by atoms with van der Waals surface area (Å²) >= 11 is 0. The second-order valence-electron chi connectivity index (χ2n) is 5.16. The van der Waals surface area contributed by atoms with Crippen LogP contribution in [0, 0.1) is 0 Å². The molecule has 0 fully saturated rings. The molecule has 4 heteroatoms. The van der Waals surface area contributed by atoms with Crippen LogP contribution in [-0.2, 0) is 4.74 Å². The lowest BCUT2D eigenvalue weighted by Gasteiger charge is -2.22. The third-order valence-corrected chi connectivity index (χ3v) is 2.28. The number of rotatable bonds is 3. The maximum absolute atomic E-state index is 11.6. The summed E-state index contributed by atoms with van der Waals surface area (Å²) in [6.07, 6.45) is 0.315. The summed E-state index contributed by atoms with van der Waals surface area (Å²) in [5.41, 5.74) is 0.935. The first-order valence-corrected chi connectivity index (χ1v) is 5.86. The van der Waals surface area contributed by atoms with Gasteiger partial charge in [-0.25, -0.2) is 4.79 Å². The normalized spacial score (nSPS) is 12.7. The fourth-order valence-electron chi connectivity index (χ4n) is 1.47. The molecule has 0 saturated carbocycles. The standard InChI is InChI=1S/C14H19NO3/c1-10(15-13(17)18-14(2,3)4)12-7-5-6-11(8-12)9-16/h5-10H,1-4H3,(H,15,17)/t10-/m0/s1. The van der Waals surface area contributed by atoms with Crippen LogP contribution in [0.3, 0.4) is 0 Å². The van der Waals surface area contributed by atoms with E-state index in [4.69, 9.17) is 4.74 Å². The Balaban J connectivity index is 2.67. The first-order valence-electron chi connectivity index (χ1n) is 5.86. The molecule has 0 aliphatic heterocycles. The average molecular weight is 249 g/mol. The highest BCUT2D eigenvalue weighted by atomic mass is 16.6. The summed E-state index contributed by atoms with van der Waals surface area (Å²) in [6.45, 7) is 7.27. The first kappa shape index (κ1) is 14.2. The highest BCUT2D eigenvalue weighted by Gasteiger charge is 2.18. The Morgan fingerprint density at radius 2 is 2.06 bits per heavy atom. The molecule has 0 bridgehead atoms. The van der Waals surface area contributed by atoms with E-state index in [1.165, 1.54) is 0 Å². The van der Waals surface area contributed by atoms with Crippen molar-refractivity contribution in [2.45, 2.75) is 39.3 Å². The largest absolute Gasteiger partial charge is 0.444 e. The van der Waals surface area contributed by atoms with Gasteiger partial charge in [0, 0.05) is 5.56 Å². The molecule has 1 amide bonds. The Kier molecular flexibility index (Phi) is 4.48. The van der Waals surface area contributed by atoms with Gasteiger partial charge in [-0.3, -0.25) is 4.79 Å². The molecule has 1 aromatic carbocycles. The van der Waals surface area contributed by atoms with E-state index in [-0.39, 0.29) is 6.04 Å². The van der Waals surface area contributed by atoms with Crippen molar-refractivity contribution in [2.75, 3.05) is 0 Å². The van der Waals surface area contributed by atoms with E-state index in [0.717, 1.165) is 11.8 Å². The van der Waals surface area contributed by atoms with Crippen LogP contribution in [0.5, 0.6) is 0 Å². The molecule has 0 saturated heterocycles. The van der Waals surface area contributed by atoms with Gasteiger partial charge in [0.1, 0.15) is 11.9 Å². The van der Waals surface area contributed by atoms with Gasteiger partial charge in [0.2, 0.25) is 0 Å². The predicted molar refractivity (Wildman–Crippen MR) is 69.6 cm³/mol. The molecule has 4 nitrogen and oxygen atoms in total. The zero-order valence-corrected chi connectivity index (χ0v) is 11.2. The molecule has 18 heavy (non-hydrogen) atoms. The Hall–Kier alpha value is -1.84. The number of ether oxygens (including phenoxy) is 1. The number of aldehydes is 1. The smallest absolute Gasteiger partial charge is 0.408 e. The summed E-state index contributed by atoms with van der Waals surface area (Å²) in [5, 5.41) is 2.73. The molecule has 1 atom stereocenters. The van der Waals surface area contributed by atoms with Crippen molar-refractivity contribution in [3.8, 4) is 0 Å². The van der Waals surface area contributed by atoms with Crippen molar-refractivity contribution in [1.82, 2.24) is 5.32 Å². The number of hydrogen-bond acceptors (Lipinski definition) is 3. The topological polar surface area (TPSA) is 55.4 Å². The summed E-state index contributed by atoms with van der Waals surface area (Å²) < 4.78 is 5.17. The molecule has 1 rings (SSSR count). The van der Waals surface area contributed by atoms with Crippen molar-refractivity contribution in [3.63, 3.8) is 0 Å². The molecule has 0 aromatic heterocycles. The van der Waals surface area contributed by atoms with Crippen LogP contribution in [0.1, 0.15) is 49.7 Å². The molecule has 0 unspecified atom stereocenters. The van der Waals surface area contributed by atoms with Crippen LogP contribution in [0.25, 0.3) is 0 Å². The SMILES string of the molecule is C[C@H](NC(=O)OC(C)(C)C)c1cccc(C=O)c1. The van der Waals surface area contributed by atoms with E-state index in [1.807, 2.05) is 33.8 Å². The summed E-state index contributed by atoms with van der Waals surface area (Å²) in [7, 11) is 0. The lowest BCUT2D eigenvalue weighted by molar-refractivity contribution is 0.0508. The minimum Gasteiger partial charge on any atom is -0.444 e. The monoisotopic (exact) mass is 249 g/mol. The zero-order chi connectivity index (χ0) is 13.8. The maximum Gasteiger partial charge on any atom is 0.408 e. The quantitative estimate of drug-likeness (QED) is 0.837. The second-order valence-corrected chi connectivity index (χ2v) is 5.16. The second kappa shape index (κ2) is 5.67. The fourth-order valence-corrected chi connectivity index (χ4v) is 1.47. The van der Waals surface area contributed by atoms with Gasteiger partial charge in [0.25, 0.3) is 0 Å². The van der Waals surface area contributed by atoms with Gasteiger partial charge in [0.05, 0.1) is 6.04 Å². The van der Waals surface area contributed by atoms with Crippen LogP contribution in [0.4, 0.5) is 4.79 Å². The van der Waals surface area contributed by atoms with Crippen LogP contribution in [0.15, 0.2) is 24.3 Å². The number of carbonyl (C=O) groups is 2. The lowest BCUT2D eigenvalue weighted by Crippen LogP contribution is -2.34. The van der Waals surface area contributed by atoms with Crippen molar-refractivity contribution in [1.29, 1.82) is 0 Å². The van der Waals surface area contributed by atoms with Crippen LogP contribution < -0.4 is 5.32 Å². The number of hydrogen-bond donors (Lipinski definition) is 1. The summed E-state index contributed by atoms with van der Waals surface area (Å²) in [6, 6.07) is 6.90. The number of amides is 1. The van der Waals surface area contributed by atoms with Gasteiger partial charge < -0.3 is 10.1 Å². The highest BCUT2D eigenvalue weighted by Crippen LogP contribution is 2.15. The molecule has 0 aliphatic carbocycles. The molecule has 0 spiro atoms. The van der Waals surface area contributed by atoms with Gasteiger partial charge in [0.15, 0.2) is 0 Å². The molecule has 1 N–H and O–H groups in total. The third-order valence-electron chi connectivity index (χ3n) is 2.28. The molecule has 0 aliphatic rings. The van der Waals surface area contributed by atoms with E-state index >= 15 is 0 Å². The van der Waals surface area contributed by atoms with Crippen molar-refractivity contribution in [2.24, 2.45) is 0 Å². The Bertz CT molecular complexity index is 435. The zero-order valence-electron chi connectivity index (χ0n) is 11.2. The Labute approximate surface area is 107 Å². The number of carbonyl (C=O) groups excluding carboxylic acids is 2. The number of alkyl carbamates (subject to hydrolysis) is 1. The van der Waals surface area contributed by atoms with Crippen LogP contribution in [-0.4, -0.2) is 18.0 Å². The average Bonchev–Trinajstić information content (AvgIpc) is 2.26. The van der Waals surface area contributed by atoms with Crippen LogP contribution in [0.2, 0.25) is 0 Å². The first-order chi connectivity index (χ1) is 8.31. The Morgan fingerprint density at radius 3 is 2.61 bits per heavy atom. The van der Waals surface area contributed by atoms with Crippen molar-refractivity contribution in [3.05, 3.63) is 35.4 Å². The van der Waals surface area contributed by atoms with Crippen LogP contribution >= 0.6 is 0 Å². The summed E-state index contributed by atoms with van der Waals surface area (Å²) in [5.74, 6) is 0. The predicted octanol–water partition coefficient (Wildman–Crippen LogP) is 3.08. The van der Waals surface area contributed by atoms with E-state index in [0.29, 0.717) is 5.56 Å². The maximum atomic E-state index is 11.6. The minimum absolute atomic E-state index is 0.209. The lowest BCUT2D eigenvalue weighted by atomic mass is 10.1. The summed E-state index contributed by atoms with van der Waals surface area (Å²) in [4.78, 5) is 22.3. The van der Waals surface area contributed by atoms with E-state index < -0.39 is 11.7 Å². The molecular weight excluding hydrogens is 230 g/mol. The molecule has 0 radical (unpaired) electrons. The molecule has 98 valence electrons. The van der Waals surface area contributed by atoms with Gasteiger partial charge in [-0.15, -0.1) is 0 Å². The van der Waals surface area contributed by atoms with E-state index in [2.05, 4.69) is 5.32 Å². The highest BCUT2D eigenvalue weighted by molar-refractivity contribution is 5.75. The Morgan fingerprint density at radius 1 is 1.39 bits per heavy atom. The molecule has 0 heterocycles.